The van der Waals surface area contributed by atoms with Crippen LogP contribution in [0.3, 0.4) is 0 Å². The fourth-order valence-corrected chi connectivity index (χ4v) is 2.94. The predicted molar refractivity (Wildman–Crippen MR) is 92.1 cm³/mol. The second-order valence-electron chi connectivity index (χ2n) is 5.09. The van der Waals surface area contributed by atoms with Gasteiger partial charge in [0.25, 0.3) is 0 Å². The summed E-state index contributed by atoms with van der Waals surface area (Å²) in [5.74, 6) is 0.837. The van der Waals surface area contributed by atoms with Crippen LogP contribution in [0.2, 0.25) is 0 Å². The Bertz CT molecular complexity index is 615. The number of anilines is 1. The molecule has 0 aliphatic rings. The molecule has 3 nitrogen and oxygen atoms in total. The Morgan fingerprint density at radius 2 is 2.00 bits per heavy atom. The van der Waals surface area contributed by atoms with Crippen molar-refractivity contribution in [2.45, 2.75) is 13.0 Å². The van der Waals surface area contributed by atoms with Gasteiger partial charge in [0.15, 0.2) is 0 Å². The Morgan fingerprint density at radius 1 is 1.24 bits per heavy atom. The van der Waals surface area contributed by atoms with Crippen LogP contribution in [-0.4, -0.2) is 20.7 Å². The SMILES string of the molecule is COc1ccc(Br)c(C(CN)N(C)c2cccc(C)c2)c1. The van der Waals surface area contributed by atoms with Gasteiger partial charge >= 0.3 is 0 Å². The number of methoxy groups -OCH3 is 1. The van der Waals surface area contributed by atoms with Gasteiger partial charge in [0.2, 0.25) is 0 Å². The topological polar surface area (TPSA) is 38.5 Å². The quantitative estimate of drug-likeness (QED) is 0.890. The minimum Gasteiger partial charge on any atom is -0.497 e. The molecule has 1 unspecified atom stereocenters. The molecule has 2 aromatic carbocycles. The van der Waals surface area contributed by atoms with Crippen LogP contribution in [0.5, 0.6) is 5.75 Å². The molecule has 0 amide bonds. The predicted octanol–water partition coefficient (Wildman–Crippen LogP) is 3.90. The van der Waals surface area contributed by atoms with Crippen molar-refractivity contribution in [3.63, 3.8) is 0 Å². The monoisotopic (exact) mass is 348 g/mol. The fraction of sp³-hybridized carbons (Fsp3) is 0.294. The number of rotatable bonds is 5. The zero-order chi connectivity index (χ0) is 15.4. The smallest absolute Gasteiger partial charge is 0.119 e. The Labute approximate surface area is 134 Å². The molecule has 2 aromatic rings. The molecule has 0 aliphatic heterocycles. The molecule has 0 saturated heterocycles. The molecule has 0 saturated carbocycles. The van der Waals surface area contributed by atoms with Gasteiger partial charge in [-0.3, -0.25) is 0 Å². The first-order chi connectivity index (χ1) is 10.1. The van der Waals surface area contributed by atoms with Gasteiger partial charge in [0, 0.05) is 23.8 Å². The maximum atomic E-state index is 6.04. The van der Waals surface area contributed by atoms with Crippen molar-refractivity contribution in [3.8, 4) is 5.75 Å². The highest BCUT2D eigenvalue weighted by Gasteiger charge is 2.19. The maximum absolute atomic E-state index is 6.04. The standard InChI is InChI=1S/C17H21BrN2O/c1-12-5-4-6-13(9-12)20(2)17(11-19)15-10-14(21-3)7-8-16(15)18/h4-10,17H,11,19H2,1-3H3. The molecule has 4 heteroatoms. The van der Waals surface area contributed by atoms with E-state index in [1.807, 2.05) is 18.2 Å². The van der Waals surface area contributed by atoms with E-state index in [0.717, 1.165) is 21.5 Å². The molecule has 112 valence electrons. The summed E-state index contributed by atoms with van der Waals surface area (Å²) in [7, 11) is 3.74. The summed E-state index contributed by atoms with van der Waals surface area (Å²) in [5.41, 5.74) is 9.55. The lowest BCUT2D eigenvalue weighted by molar-refractivity contribution is 0.413. The largest absolute Gasteiger partial charge is 0.497 e. The number of aryl methyl sites for hydroxylation is 1. The first-order valence-electron chi connectivity index (χ1n) is 6.89. The molecule has 0 fully saturated rings. The van der Waals surface area contributed by atoms with Crippen LogP contribution in [-0.2, 0) is 0 Å². The number of likely N-dealkylation sites (N-methyl/N-ethyl adjacent to an activating group) is 1. The molecule has 0 bridgehead atoms. The molecule has 0 aromatic heterocycles. The first-order valence-corrected chi connectivity index (χ1v) is 7.69. The highest BCUT2D eigenvalue weighted by atomic mass is 79.9. The van der Waals surface area contributed by atoms with Crippen molar-refractivity contribution in [2.24, 2.45) is 5.73 Å². The molecular weight excluding hydrogens is 328 g/mol. The van der Waals surface area contributed by atoms with Crippen molar-refractivity contribution < 1.29 is 4.74 Å². The molecule has 1 atom stereocenters. The third kappa shape index (κ3) is 3.57. The summed E-state index contributed by atoms with van der Waals surface area (Å²) in [6, 6.07) is 14.5. The van der Waals surface area contributed by atoms with Crippen molar-refractivity contribution in [1.29, 1.82) is 0 Å². The lowest BCUT2D eigenvalue weighted by atomic mass is 10.0. The number of halogens is 1. The average Bonchev–Trinajstić information content (AvgIpc) is 2.49. The van der Waals surface area contributed by atoms with Crippen LogP contribution in [0, 0.1) is 6.92 Å². The van der Waals surface area contributed by atoms with Crippen LogP contribution >= 0.6 is 15.9 Å². The summed E-state index contributed by atoms with van der Waals surface area (Å²) >= 11 is 3.62. The highest BCUT2D eigenvalue weighted by Crippen LogP contribution is 2.32. The number of ether oxygens (including phenoxy) is 1. The molecule has 0 spiro atoms. The van der Waals surface area contributed by atoms with Crippen molar-refractivity contribution in [1.82, 2.24) is 0 Å². The Hall–Kier alpha value is -1.52. The lowest BCUT2D eigenvalue weighted by Crippen LogP contribution is -2.30. The van der Waals surface area contributed by atoms with Crippen LogP contribution in [0.15, 0.2) is 46.9 Å². The molecule has 21 heavy (non-hydrogen) atoms. The van der Waals surface area contributed by atoms with Gasteiger partial charge in [-0.15, -0.1) is 0 Å². The zero-order valence-electron chi connectivity index (χ0n) is 12.6. The zero-order valence-corrected chi connectivity index (χ0v) is 14.2. The normalized spacial score (nSPS) is 12.0. The minimum absolute atomic E-state index is 0.0799. The summed E-state index contributed by atoms with van der Waals surface area (Å²) in [4.78, 5) is 2.20. The third-order valence-electron chi connectivity index (χ3n) is 3.66. The molecular formula is C17H21BrN2O. The summed E-state index contributed by atoms with van der Waals surface area (Å²) in [6.07, 6.45) is 0. The van der Waals surface area contributed by atoms with Crippen molar-refractivity contribution in [2.75, 3.05) is 25.6 Å². The first kappa shape index (κ1) is 15.9. The second-order valence-corrected chi connectivity index (χ2v) is 5.94. The van der Waals surface area contributed by atoms with Gasteiger partial charge in [-0.05, 0) is 48.4 Å². The Morgan fingerprint density at radius 3 is 2.62 bits per heavy atom. The Kier molecular flexibility index (Phi) is 5.26. The van der Waals surface area contributed by atoms with Gasteiger partial charge < -0.3 is 15.4 Å². The highest BCUT2D eigenvalue weighted by molar-refractivity contribution is 9.10. The van der Waals surface area contributed by atoms with Crippen LogP contribution < -0.4 is 15.4 Å². The van der Waals surface area contributed by atoms with Crippen LogP contribution in [0.25, 0.3) is 0 Å². The minimum atomic E-state index is 0.0799. The van der Waals surface area contributed by atoms with E-state index >= 15 is 0 Å². The third-order valence-corrected chi connectivity index (χ3v) is 4.38. The Balaban J connectivity index is 2.39. The van der Waals surface area contributed by atoms with Crippen LogP contribution in [0.1, 0.15) is 17.2 Å². The van der Waals surface area contributed by atoms with E-state index in [1.165, 1.54) is 5.56 Å². The van der Waals surface area contributed by atoms with E-state index in [-0.39, 0.29) is 6.04 Å². The molecule has 0 radical (unpaired) electrons. The van der Waals surface area contributed by atoms with E-state index in [4.69, 9.17) is 10.5 Å². The molecule has 2 N–H and O–H groups in total. The number of nitrogens with zero attached hydrogens (tertiary/aromatic N) is 1. The van der Waals surface area contributed by atoms with Gasteiger partial charge in [-0.2, -0.15) is 0 Å². The van der Waals surface area contributed by atoms with Gasteiger partial charge in [-0.1, -0.05) is 28.1 Å². The summed E-state index contributed by atoms with van der Waals surface area (Å²) in [6.45, 7) is 2.62. The number of hydrogen-bond donors (Lipinski definition) is 1. The van der Waals surface area contributed by atoms with Gasteiger partial charge in [0.1, 0.15) is 5.75 Å². The van der Waals surface area contributed by atoms with E-state index < -0.39 is 0 Å². The molecule has 0 heterocycles. The van der Waals surface area contributed by atoms with E-state index in [9.17, 15) is 0 Å². The number of nitrogens with two attached hydrogens (primary N) is 1. The second kappa shape index (κ2) is 6.96. The number of hydrogen-bond acceptors (Lipinski definition) is 3. The van der Waals surface area contributed by atoms with Crippen LogP contribution in [0.4, 0.5) is 5.69 Å². The van der Waals surface area contributed by atoms with E-state index in [0.29, 0.717) is 6.54 Å². The van der Waals surface area contributed by atoms with Crippen molar-refractivity contribution in [3.05, 3.63) is 58.1 Å². The van der Waals surface area contributed by atoms with Crippen molar-refractivity contribution >= 4 is 21.6 Å². The van der Waals surface area contributed by atoms with E-state index in [2.05, 4.69) is 59.1 Å². The lowest BCUT2D eigenvalue weighted by Gasteiger charge is -2.30. The van der Waals surface area contributed by atoms with Gasteiger partial charge in [0.05, 0.1) is 13.2 Å². The van der Waals surface area contributed by atoms with Gasteiger partial charge in [-0.25, -0.2) is 0 Å². The fourth-order valence-electron chi connectivity index (χ4n) is 2.43. The summed E-state index contributed by atoms with van der Waals surface area (Å²) < 4.78 is 6.37. The summed E-state index contributed by atoms with van der Waals surface area (Å²) in [5, 5.41) is 0. The number of benzene rings is 2. The van der Waals surface area contributed by atoms with E-state index in [1.54, 1.807) is 7.11 Å². The maximum Gasteiger partial charge on any atom is 0.119 e. The molecule has 2 rings (SSSR count). The average molecular weight is 349 g/mol. The molecule has 0 aliphatic carbocycles.